The highest BCUT2D eigenvalue weighted by Crippen LogP contribution is 2.29. The van der Waals surface area contributed by atoms with E-state index in [-0.39, 0.29) is 35.6 Å². The molecule has 1 aliphatic rings. The molecule has 0 radical (unpaired) electrons. The molecule has 0 unspecified atom stereocenters. The van der Waals surface area contributed by atoms with Gasteiger partial charge in [0.05, 0.1) is 30.2 Å². The first-order valence-corrected chi connectivity index (χ1v) is 8.17. The summed E-state index contributed by atoms with van der Waals surface area (Å²) >= 11 is 0. The van der Waals surface area contributed by atoms with Crippen LogP contribution in [0.5, 0.6) is 0 Å². The molecule has 3 heterocycles. The Morgan fingerprint density at radius 1 is 1.24 bits per heavy atom. The van der Waals surface area contributed by atoms with Crippen molar-refractivity contribution in [3.05, 3.63) is 36.2 Å². The lowest BCUT2D eigenvalue weighted by Gasteiger charge is -2.18. The van der Waals surface area contributed by atoms with Crippen LogP contribution in [0.15, 0.2) is 24.8 Å². The first-order valence-electron chi connectivity index (χ1n) is 8.17. The first kappa shape index (κ1) is 19.3. The highest BCUT2D eigenvalue weighted by Gasteiger charge is 2.34. The third-order valence-electron chi connectivity index (χ3n) is 4.29. The predicted octanol–water partition coefficient (Wildman–Crippen LogP) is 1.87. The van der Waals surface area contributed by atoms with E-state index in [1.54, 1.807) is 17.1 Å². The summed E-state index contributed by atoms with van der Waals surface area (Å²) in [5.74, 6) is 0.752. The molecule has 136 valence electrons. The second kappa shape index (κ2) is 7.49. The number of rotatable bonds is 3. The highest BCUT2D eigenvalue weighted by atomic mass is 35.5. The molecule has 0 bridgehead atoms. The van der Waals surface area contributed by atoms with Crippen molar-refractivity contribution >= 4 is 24.0 Å². The fourth-order valence-electron chi connectivity index (χ4n) is 2.95. The van der Waals surface area contributed by atoms with E-state index in [4.69, 9.17) is 0 Å². The van der Waals surface area contributed by atoms with Gasteiger partial charge in [-0.2, -0.15) is 5.10 Å². The number of aromatic nitrogens is 4. The van der Waals surface area contributed by atoms with Crippen molar-refractivity contribution in [2.24, 2.45) is 13.0 Å². The van der Waals surface area contributed by atoms with Crippen LogP contribution in [0.3, 0.4) is 0 Å². The summed E-state index contributed by atoms with van der Waals surface area (Å²) in [4.78, 5) is 21.4. The van der Waals surface area contributed by atoms with E-state index in [9.17, 15) is 4.79 Å². The number of halogens is 1. The standard InChI is InChI=1S/C17H24N6O.ClH/c1-17(2,3)16-19-6-12(7-20-16)22-15(24)14-9-18-8-13(14)11-5-21-23(4)10-11;/h5-7,10,13-14,18H,8-9H2,1-4H3,(H,22,24);1H/t13-,14+;/m1./s1. The average molecular weight is 365 g/mol. The molecule has 1 aliphatic heterocycles. The Morgan fingerprint density at radius 3 is 2.48 bits per heavy atom. The summed E-state index contributed by atoms with van der Waals surface area (Å²) in [6.45, 7) is 7.62. The van der Waals surface area contributed by atoms with Crippen molar-refractivity contribution in [1.82, 2.24) is 25.1 Å². The number of carbonyl (C=O) groups excluding carboxylic acids is 1. The summed E-state index contributed by atoms with van der Waals surface area (Å²) < 4.78 is 1.77. The number of anilines is 1. The van der Waals surface area contributed by atoms with E-state index in [0.717, 1.165) is 17.9 Å². The van der Waals surface area contributed by atoms with Gasteiger partial charge in [0, 0.05) is 37.7 Å². The molecule has 0 aromatic carbocycles. The second-order valence-electron chi connectivity index (χ2n) is 7.35. The largest absolute Gasteiger partial charge is 0.323 e. The summed E-state index contributed by atoms with van der Waals surface area (Å²) in [6.07, 6.45) is 7.15. The third kappa shape index (κ3) is 4.35. The van der Waals surface area contributed by atoms with Crippen molar-refractivity contribution in [2.45, 2.75) is 32.1 Å². The van der Waals surface area contributed by atoms with Crippen LogP contribution in [0, 0.1) is 5.92 Å². The van der Waals surface area contributed by atoms with E-state index in [1.165, 1.54) is 0 Å². The summed E-state index contributed by atoms with van der Waals surface area (Å²) in [5, 5.41) is 10.4. The van der Waals surface area contributed by atoms with Crippen LogP contribution in [0.25, 0.3) is 0 Å². The monoisotopic (exact) mass is 364 g/mol. The minimum atomic E-state index is -0.128. The molecule has 2 atom stereocenters. The van der Waals surface area contributed by atoms with Gasteiger partial charge >= 0.3 is 0 Å². The minimum Gasteiger partial charge on any atom is -0.323 e. The molecule has 0 aliphatic carbocycles. The van der Waals surface area contributed by atoms with Crippen LogP contribution in [-0.2, 0) is 17.3 Å². The molecule has 1 amide bonds. The molecule has 1 saturated heterocycles. The molecular formula is C17H25ClN6O. The zero-order valence-corrected chi connectivity index (χ0v) is 15.8. The molecule has 2 aromatic heterocycles. The van der Waals surface area contributed by atoms with E-state index < -0.39 is 0 Å². The zero-order chi connectivity index (χ0) is 17.3. The summed E-state index contributed by atoms with van der Waals surface area (Å²) in [6, 6.07) is 0. The number of aryl methyl sites for hydroxylation is 1. The van der Waals surface area contributed by atoms with Gasteiger partial charge in [0.1, 0.15) is 5.82 Å². The number of hydrogen-bond acceptors (Lipinski definition) is 5. The van der Waals surface area contributed by atoms with Crippen molar-refractivity contribution in [3.63, 3.8) is 0 Å². The maximum absolute atomic E-state index is 12.7. The van der Waals surface area contributed by atoms with Crippen LogP contribution in [-0.4, -0.2) is 38.7 Å². The average Bonchev–Trinajstić information content (AvgIpc) is 3.15. The Morgan fingerprint density at radius 2 is 1.92 bits per heavy atom. The number of nitrogens with zero attached hydrogens (tertiary/aromatic N) is 4. The van der Waals surface area contributed by atoms with Gasteiger partial charge < -0.3 is 10.6 Å². The lowest BCUT2D eigenvalue weighted by atomic mass is 9.90. The molecule has 0 saturated carbocycles. The fraction of sp³-hybridized carbons (Fsp3) is 0.529. The lowest BCUT2D eigenvalue weighted by molar-refractivity contribution is -0.119. The maximum Gasteiger partial charge on any atom is 0.229 e. The van der Waals surface area contributed by atoms with Crippen LogP contribution < -0.4 is 10.6 Å². The van der Waals surface area contributed by atoms with Crippen molar-refractivity contribution in [1.29, 1.82) is 0 Å². The van der Waals surface area contributed by atoms with Gasteiger partial charge in [0.15, 0.2) is 0 Å². The molecule has 1 fully saturated rings. The fourth-order valence-corrected chi connectivity index (χ4v) is 2.95. The molecule has 8 heteroatoms. The van der Waals surface area contributed by atoms with E-state index >= 15 is 0 Å². The number of nitrogens with one attached hydrogen (secondary N) is 2. The van der Waals surface area contributed by atoms with E-state index in [2.05, 4.69) is 46.5 Å². The van der Waals surface area contributed by atoms with Crippen LogP contribution in [0.2, 0.25) is 0 Å². The van der Waals surface area contributed by atoms with Crippen LogP contribution >= 0.6 is 12.4 Å². The Balaban J connectivity index is 0.00000225. The van der Waals surface area contributed by atoms with Crippen molar-refractivity contribution in [3.8, 4) is 0 Å². The quantitative estimate of drug-likeness (QED) is 0.868. The lowest BCUT2D eigenvalue weighted by Crippen LogP contribution is -2.28. The van der Waals surface area contributed by atoms with E-state index in [0.29, 0.717) is 12.2 Å². The molecule has 25 heavy (non-hydrogen) atoms. The molecule has 2 N–H and O–H groups in total. The summed E-state index contributed by atoms with van der Waals surface area (Å²) in [5.41, 5.74) is 1.61. The summed E-state index contributed by atoms with van der Waals surface area (Å²) in [7, 11) is 1.88. The smallest absolute Gasteiger partial charge is 0.229 e. The van der Waals surface area contributed by atoms with Crippen LogP contribution in [0.4, 0.5) is 5.69 Å². The van der Waals surface area contributed by atoms with Gasteiger partial charge in [-0.25, -0.2) is 9.97 Å². The van der Waals surface area contributed by atoms with Gasteiger partial charge in [0.25, 0.3) is 0 Å². The maximum atomic E-state index is 12.7. The molecular weight excluding hydrogens is 340 g/mol. The Hall–Kier alpha value is -1.99. The Bertz CT molecular complexity index is 721. The molecule has 2 aromatic rings. The minimum absolute atomic E-state index is 0. The number of carbonyl (C=O) groups is 1. The number of hydrogen-bond donors (Lipinski definition) is 2. The number of amides is 1. The van der Waals surface area contributed by atoms with E-state index in [1.807, 2.05) is 19.4 Å². The predicted molar refractivity (Wildman–Crippen MR) is 98.9 cm³/mol. The van der Waals surface area contributed by atoms with Crippen LogP contribution in [0.1, 0.15) is 38.1 Å². The SMILES string of the molecule is Cl.Cn1cc([C@H]2CNC[C@@H]2C(=O)Nc2cnc(C(C)(C)C)nc2)cn1. The first-order chi connectivity index (χ1) is 11.3. The molecule has 7 nitrogen and oxygen atoms in total. The molecule has 0 spiro atoms. The Labute approximate surface area is 154 Å². The van der Waals surface area contributed by atoms with Gasteiger partial charge in [0.2, 0.25) is 5.91 Å². The van der Waals surface area contributed by atoms with Crippen molar-refractivity contribution in [2.75, 3.05) is 18.4 Å². The van der Waals surface area contributed by atoms with Gasteiger partial charge in [-0.1, -0.05) is 20.8 Å². The highest BCUT2D eigenvalue weighted by molar-refractivity contribution is 5.93. The third-order valence-corrected chi connectivity index (χ3v) is 4.29. The normalized spacial score (nSPS) is 20.2. The topological polar surface area (TPSA) is 84.7 Å². The second-order valence-corrected chi connectivity index (χ2v) is 7.35. The Kier molecular flexibility index (Phi) is 5.80. The van der Waals surface area contributed by atoms with Gasteiger partial charge in [-0.3, -0.25) is 9.48 Å². The van der Waals surface area contributed by atoms with Gasteiger partial charge in [-0.15, -0.1) is 12.4 Å². The zero-order valence-electron chi connectivity index (χ0n) is 15.0. The van der Waals surface area contributed by atoms with Crippen molar-refractivity contribution < 1.29 is 4.79 Å². The van der Waals surface area contributed by atoms with Gasteiger partial charge in [-0.05, 0) is 5.56 Å². The molecule has 3 rings (SSSR count).